The van der Waals surface area contributed by atoms with Crippen molar-refractivity contribution in [2.45, 2.75) is 38.1 Å². The molecule has 0 unspecified atom stereocenters. The Morgan fingerprint density at radius 2 is 2.04 bits per heavy atom. The lowest BCUT2D eigenvalue weighted by Crippen LogP contribution is -2.35. The number of nitro groups is 1. The molecule has 0 atom stereocenters. The number of hydrogen-bond acceptors (Lipinski definition) is 4. The Morgan fingerprint density at radius 3 is 2.72 bits per heavy atom. The summed E-state index contributed by atoms with van der Waals surface area (Å²) in [6.45, 7) is 0.174. The van der Waals surface area contributed by atoms with Crippen LogP contribution in [0.4, 0.5) is 10.1 Å². The highest BCUT2D eigenvalue weighted by Gasteiger charge is 2.17. The van der Waals surface area contributed by atoms with Crippen LogP contribution in [-0.2, 0) is 9.59 Å². The van der Waals surface area contributed by atoms with E-state index in [1.54, 1.807) is 0 Å². The van der Waals surface area contributed by atoms with Gasteiger partial charge in [-0.3, -0.25) is 19.7 Å². The van der Waals surface area contributed by atoms with Crippen molar-refractivity contribution in [3.05, 3.63) is 45.8 Å². The molecular weight excluding hydrogens is 329 g/mol. The molecule has 0 spiro atoms. The van der Waals surface area contributed by atoms with E-state index in [0.29, 0.717) is 0 Å². The largest absolute Gasteiger partial charge is 0.353 e. The van der Waals surface area contributed by atoms with Crippen molar-refractivity contribution in [2.24, 2.45) is 0 Å². The van der Waals surface area contributed by atoms with Gasteiger partial charge in [0.15, 0.2) is 0 Å². The number of carbonyl (C=O) groups excluding carboxylic acids is 2. The van der Waals surface area contributed by atoms with E-state index < -0.39 is 22.3 Å². The predicted octanol–water partition coefficient (Wildman–Crippen LogP) is 2.31. The van der Waals surface area contributed by atoms with E-state index in [1.165, 1.54) is 12.1 Å². The van der Waals surface area contributed by atoms with Crippen LogP contribution in [0.25, 0.3) is 6.08 Å². The van der Waals surface area contributed by atoms with Crippen molar-refractivity contribution < 1.29 is 18.9 Å². The molecule has 8 heteroatoms. The molecule has 0 heterocycles. The predicted molar refractivity (Wildman–Crippen MR) is 90.1 cm³/mol. The second-order valence-electron chi connectivity index (χ2n) is 5.88. The average Bonchev–Trinajstić information content (AvgIpc) is 3.06. The first-order valence-corrected chi connectivity index (χ1v) is 8.15. The van der Waals surface area contributed by atoms with Crippen molar-refractivity contribution in [2.75, 3.05) is 6.54 Å². The van der Waals surface area contributed by atoms with Crippen LogP contribution in [0.15, 0.2) is 24.3 Å². The monoisotopic (exact) mass is 349 g/mol. The van der Waals surface area contributed by atoms with Gasteiger partial charge >= 0.3 is 0 Å². The first-order chi connectivity index (χ1) is 12.0. The molecule has 2 N–H and O–H groups in total. The maximum Gasteiger partial charge on any atom is 0.279 e. The van der Waals surface area contributed by atoms with Gasteiger partial charge < -0.3 is 10.6 Å². The lowest BCUT2D eigenvalue weighted by atomic mass is 10.1. The number of nitro benzene ring substituents is 1. The molecular formula is C17H20FN3O4. The molecule has 1 aliphatic carbocycles. The van der Waals surface area contributed by atoms with E-state index in [0.717, 1.165) is 43.9 Å². The quantitative estimate of drug-likeness (QED) is 0.448. The summed E-state index contributed by atoms with van der Waals surface area (Å²) in [5, 5.41) is 16.3. The second kappa shape index (κ2) is 8.91. The lowest BCUT2D eigenvalue weighted by molar-refractivity contribution is -0.385. The van der Waals surface area contributed by atoms with Crippen LogP contribution >= 0.6 is 0 Å². The van der Waals surface area contributed by atoms with Gasteiger partial charge in [-0.15, -0.1) is 0 Å². The number of nitrogens with zero attached hydrogens (tertiary/aromatic N) is 1. The van der Waals surface area contributed by atoms with E-state index in [9.17, 15) is 24.1 Å². The zero-order valence-corrected chi connectivity index (χ0v) is 13.7. The molecule has 25 heavy (non-hydrogen) atoms. The van der Waals surface area contributed by atoms with Crippen LogP contribution < -0.4 is 10.6 Å². The summed E-state index contributed by atoms with van der Waals surface area (Å²) in [6.07, 6.45) is 6.78. The van der Waals surface area contributed by atoms with E-state index in [4.69, 9.17) is 0 Å². The van der Waals surface area contributed by atoms with Crippen molar-refractivity contribution in [1.29, 1.82) is 0 Å². The number of carbonyl (C=O) groups is 2. The molecule has 7 nitrogen and oxygen atoms in total. The molecule has 1 saturated carbocycles. The number of amides is 2. The first-order valence-electron chi connectivity index (χ1n) is 8.15. The Hall–Kier alpha value is -2.77. The average molecular weight is 349 g/mol. The number of rotatable bonds is 7. The molecule has 2 amide bonds. The highest BCUT2D eigenvalue weighted by molar-refractivity contribution is 5.92. The van der Waals surface area contributed by atoms with Crippen LogP contribution in [0.2, 0.25) is 0 Å². The standard InChI is InChI=1S/C17H20FN3O4/c18-13-7-5-12(15(11-13)21(24)25)6-8-16(22)19-10-9-17(23)20-14-3-1-2-4-14/h5-8,11,14H,1-4,9-10H2,(H,19,22)(H,20,23). The number of halogens is 1. The Bertz CT molecular complexity index is 684. The molecule has 0 aromatic heterocycles. The maximum atomic E-state index is 13.0. The van der Waals surface area contributed by atoms with E-state index in [1.807, 2.05) is 0 Å². The molecule has 0 bridgehead atoms. The zero-order valence-electron chi connectivity index (χ0n) is 13.7. The van der Waals surface area contributed by atoms with E-state index in [-0.39, 0.29) is 30.5 Å². The van der Waals surface area contributed by atoms with Crippen molar-refractivity contribution in [3.63, 3.8) is 0 Å². The Morgan fingerprint density at radius 1 is 1.32 bits per heavy atom. The van der Waals surface area contributed by atoms with Gasteiger partial charge in [0.2, 0.25) is 11.8 Å². The summed E-state index contributed by atoms with van der Waals surface area (Å²) in [6, 6.07) is 3.34. The topological polar surface area (TPSA) is 101 Å². The van der Waals surface area contributed by atoms with Crippen molar-refractivity contribution >= 4 is 23.6 Å². The van der Waals surface area contributed by atoms with Crippen LogP contribution in [0.1, 0.15) is 37.7 Å². The first kappa shape index (κ1) is 18.6. The van der Waals surface area contributed by atoms with E-state index >= 15 is 0 Å². The Balaban J connectivity index is 1.79. The van der Waals surface area contributed by atoms with Gasteiger partial charge in [0.25, 0.3) is 5.69 Å². The summed E-state index contributed by atoms with van der Waals surface area (Å²) < 4.78 is 13.0. The minimum absolute atomic E-state index is 0.106. The molecule has 0 aliphatic heterocycles. The van der Waals surface area contributed by atoms with Crippen LogP contribution in [-0.4, -0.2) is 29.3 Å². The van der Waals surface area contributed by atoms with Gasteiger partial charge in [-0.1, -0.05) is 12.8 Å². The van der Waals surface area contributed by atoms with Gasteiger partial charge in [-0.25, -0.2) is 4.39 Å². The molecule has 1 aromatic carbocycles. The molecule has 1 aliphatic rings. The van der Waals surface area contributed by atoms with Crippen LogP contribution in [0.3, 0.4) is 0 Å². The van der Waals surface area contributed by atoms with Crippen molar-refractivity contribution in [1.82, 2.24) is 10.6 Å². The third-order valence-corrected chi connectivity index (χ3v) is 3.98. The minimum atomic E-state index is -0.721. The van der Waals surface area contributed by atoms with Gasteiger partial charge in [0.05, 0.1) is 16.6 Å². The number of hydrogen-bond donors (Lipinski definition) is 2. The third kappa shape index (κ3) is 5.98. The molecule has 0 saturated heterocycles. The highest BCUT2D eigenvalue weighted by atomic mass is 19.1. The number of benzene rings is 1. The van der Waals surface area contributed by atoms with Crippen LogP contribution in [0, 0.1) is 15.9 Å². The molecule has 1 aromatic rings. The fourth-order valence-corrected chi connectivity index (χ4v) is 2.71. The van der Waals surface area contributed by atoms with Gasteiger partial charge in [-0.05, 0) is 31.1 Å². The van der Waals surface area contributed by atoms with E-state index in [2.05, 4.69) is 10.6 Å². The molecule has 2 rings (SSSR count). The van der Waals surface area contributed by atoms with Gasteiger partial charge in [-0.2, -0.15) is 0 Å². The van der Waals surface area contributed by atoms with Gasteiger partial charge in [0.1, 0.15) is 5.82 Å². The normalized spacial score (nSPS) is 14.6. The second-order valence-corrected chi connectivity index (χ2v) is 5.88. The van der Waals surface area contributed by atoms with Crippen LogP contribution in [0.5, 0.6) is 0 Å². The third-order valence-electron chi connectivity index (χ3n) is 3.98. The zero-order chi connectivity index (χ0) is 18.2. The smallest absolute Gasteiger partial charge is 0.279 e. The fraction of sp³-hybridized carbons (Fsp3) is 0.412. The summed E-state index contributed by atoms with van der Waals surface area (Å²) in [5.41, 5.74) is -0.291. The highest BCUT2D eigenvalue weighted by Crippen LogP contribution is 2.21. The molecule has 0 radical (unpaired) electrons. The summed E-state index contributed by atoms with van der Waals surface area (Å²) in [5.74, 6) is -1.31. The molecule has 1 fully saturated rings. The number of nitrogens with one attached hydrogen (secondary N) is 2. The minimum Gasteiger partial charge on any atom is -0.353 e. The fourth-order valence-electron chi connectivity index (χ4n) is 2.71. The Labute approximate surface area is 144 Å². The SMILES string of the molecule is O=C(C=Cc1ccc(F)cc1[N+](=O)[O-])NCCC(=O)NC1CCCC1. The lowest BCUT2D eigenvalue weighted by Gasteiger charge is -2.11. The maximum absolute atomic E-state index is 13.0. The molecule has 134 valence electrons. The Kier molecular flexibility index (Phi) is 6.62. The van der Waals surface area contributed by atoms with Crippen molar-refractivity contribution in [3.8, 4) is 0 Å². The summed E-state index contributed by atoms with van der Waals surface area (Å²) >= 11 is 0. The summed E-state index contributed by atoms with van der Waals surface area (Å²) in [4.78, 5) is 33.6. The van der Waals surface area contributed by atoms with Gasteiger partial charge in [0, 0.05) is 25.1 Å². The summed E-state index contributed by atoms with van der Waals surface area (Å²) in [7, 11) is 0.